The van der Waals surface area contributed by atoms with E-state index in [2.05, 4.69) is 11.1 Å². The van der Waals surface area contributed by atoms with Crippen LogP contribution < -0.4 is 0 Å². The number of hydrogen-bond donors (Lipinski definition) is 1. The van der Waals surface area contributed by atoms with Crippen molar-refractivity contribution in [3.05, 3.63) is 29.6 Å². The zero-order valence-corrected chi connectivity index (χ0v) is 9.47. The third kappa shape index (κ3) is 1.72. The molecular weight excluding hydrogens is 216 g/mol. The molecule has 17 heavy (non-hydrogen) atoms. The molecule has 0 amide bonds. The van der Waals surface area contributed by atoms with Crippen molar-refractivity contribution in [2.45, 2.75) is 43.5 Å². The molecule has 0 spiro atoms. The monoisotopic (exact) mass is 230 g/mol. The molecule has 1 aromatic heterocycles. The van der Waals surface area contributed by atoms with E-state index < -0.39 is 5.60 Å². The Hall–Kier alpha value is -1.44. The number of rotatable bonds is 1. The molecule has 3 heterocycles. The highest BCUT2D eigenvalue weighted by atomic mass is 16.5. The smallest absolute Gasteiger partial charge is 0.146 e. The average molecular weight is 230 g/mol. The van der Waals surface area contributed by atoms with E-state index in [9.17, 15) is 5.11 Å². The molecule has 2 aliphatic rings. The van der Waals surface area contributed by atoms with Gasteiger partial charge in [0.25, 0.3) is 0 Å². The summed E-state index contributed by atoms with van der Waals surface area (Å²) in [6.45, 7) is 0. The zero-order valence-electron chi connectivity index (χ0n) is 9.47. The van der Waals surface area contributed by atoms with Crippen LogP contribution in [0, 0.1) is 11.3 Å². The molecule has 2 atom stereocenters. The van der Waals surface area contributed by atoms with Crippen LogP contribution in [-0.4, -0.2) is 22.3 Å². The largest absolute Gasteiger partial charge is 0.385 e. The van der Waals surface area contributed by atoms with Gasteiger partial charge in [0.15, 0.2) is 0 Å². The highest BCUT2D eigenvalue weighted by Crippen LogP contribution is 2.44. The minimum atomic E-state index is -0.941. The first-order valence-corrected chi connectivity index (χ1v) is 5.95. The van der Waals surface area contributed by atoms with Gasteiger partial charge in [-0.05, 0) is 18.9 Å². The number of fused-ring (bicyclic) bond motifs is 2. The second-order valence-corrected chi connectivity index (χ2v) is 4.91. The van der Waals surface area contributed by atoms with Crippen LogP contribution in [0.4, 0.5) is 0 Å². The van der Waals surface area contributed by atoms with E-state index >= 15 is 0 Å². The summed E-state index contributed by atoms with van der Waals surface area (Å²) < 4.78 is 5.72. The first-order chi connectivity index (χ1) is 8.21. The normalized spacial score (nSPS) is 35.5. The Labute approximate surface area is 99.9 Å². The molecule has 4 heteroatoms. The summed E-state index contributed by atoms with van der Waals surface area (Å²) in [5, 5.41) is 19.8. The Morgan fingerprint density at radius 2 is 2.12 bits per heavy atom. The van der Waals surface area contributed by atoms with Gasteiger partial charge in [0.1, 0.15) is 11.8 Å². The summed E-state index contributed by atoms with van der Waals surface area (Å²) >= 11 is 0. The van der Waals surface area contributed by atoms with Crippen LogP contribution in [0.3, 0.4) is 0 Å². The Kier molecular flexibility index (Phi) is 2.39. The van der Waals surface area contributed by atoms with Crippen LogP contribution in [0.5, 0.6) is 0 Å². The van der Waals surface area contributed by atoms with E-state index in [4.69, 9.17) is 10.00 Å². The molecule has 0 aromatic carbocycles. The van der Waals surface area contributed by atoms with Gasteiger partial charge in [-0.1, -0.05) is 6.07 Å². The van der Waals surface area contributed by atoms with Crippen molar-refractivity contribution in [3.8, 4) is 6.07 Å². The van der Waals surface area contributed by atoms with E-state index in [1.54, 1.807) is 18.3 Å². The molecule has 88 valence electrons. The summed E-state index contributed by atoms with van der Waals surface area (Å²) in [5.74, 6) is 0. The van der Waals surface area contributed by atoms with Crippen molar-refractivity contribution in [3.63, 3.8) is 0 Å². The van der Waals surface area contributed by atoms with Gasteiger partial charge in [0.05, 0.1) is 17.8 Å². The molecule has 4 nitrogen and oxygen atoms in total. The maximum atomic E-state index is 10.8. The van der Waals surface area contributed by atoms with Crippen molar-refractivity contribution < 1.29 is 9.84 Å². The maximum Gasteiger partial charge on any atom is 0.146 e. The highest BCUT2D eigenvalue weighted by molar-refractivity contribution is 5.36. The molecule has 1 aromatic rings. The molecule has 0 radical (unpaired) electrons. The lowest BCUT2D eigenvalue weighted by atomic mass is 9.83. The van der Waals surface area contributed by atoms with E-state index in [-0.39, 0.29) is 12.2 Å². The van der Waals surface area contributed by atoms with Crippen molar-refractivity contribution in [2.24, 2.45) is 0 Å². The van der Waals surface area contributed by atoms with Crippen LogP contribution >= 0.6 is 0 Å². The maximum absolute atomic E-state index is 10.8. The molecule has 2 bridgehead atoms. The quantitative estimate of drug-likeness (QED) is 0.793. The Morgan fingerprint density at radius 3 is 2.76 bits per heavy atom. The number of ether oxygens (including phenoxy) is 1. The van der Waals surface area contributed by atoms with Crippen molar-refractivity contribution in [1.82, 2.24) is 4.98 Å². The van der Waals surface area contributed by atoms with Crippen LogP contribution in [0.25, 0.3) is 0 Å². The van der Waals surface area contributed by atoms with Crippen molar-refractivity contribution >= 4 is 0 Å². The Morgan fingerprint density at radius 1 is 1.41 bits per heavy atom. The van der Waals surface area contributed by atoms with Crippen LogP contribution in [0.1, 0.15) is 36.9 Å². The number of hydrogen-bond acceptors (Lipinski definition) is 4. The summed E-state index contributed by atoms with van der Waals surface area (Å²) in [6.07, 6.45) is 5.01. The van der Waals surface area contributed by atoms with E-state index in [1.807, 2.05) is 0 Å². The Balaban J connectivity index is 2.00. The van der Waals surface area contributed by atoms with Gasteiger partial charge in [-0.2, -0.15) is 5.26 Å². The third-order valence-electron chi connectivity index (χ3n) is 3.74. The second-order valence-electron chi connectivity index (χ2n) is 4.91. The summed E-state index contributed by atoms with van der Waals surface area (Å²) in [7, 11) is 0. The number of nitrogens with zero attached hydrogens (tertiary/aromatic N) is 2. The van der Waals surface area contributed by atoms with E-state index in [1.165, 1.54) is 0 Å². The Bertz CT molecular complexity index is 469. The molecule has 1 N–H and O–H groups in total. The van der Waals surface area contributed by atoms with Gasteiger partial charge >= 0.3 is 0 Å². The first-order valence-electron chi connectivity index (χ1n) is 5.95. The van der Waals surface area contributed by atoms with Crippen LogP contribution in [0.2, 0.25) is 0 Å². The van der Waals surface area contributed by atoms with Gasteiger partial charge in [-0.15, -0.1) is 0 Å². The molecule has 0 saturated carbocycles. The standard InChI is InChI=1S/C13H14N2O2/c14-8-12-11(2-1-5-15-12)13(16)6-9-3-4-10(7-13)17-9/h1-2,5,9-10,16H,3-4,6-7H2. The summed E-state index contributed by atoms with van der Waals surface area (Å²) in [6, 6.07) is 5.63. The number of pyridine rings is 1. The molecular formula is C13H14N2O2. The van der Waals surface area contributed by atoms with Crippen LogP contribution in [-0.2, 0) is 10.3 Å². The number of aromatic nitrogens is 1. The van der Waals surface area contributed by atoms with E-state index in [0.717, 1.165) is 12.8 Å². The third-order valence-corrected chi connectivity index (χ3v) is 3.74. The predicted molar refractivity (Wildman–Crippen MR) is 60.0 cm³/mol. The molecule has 3 rings (SSSR count). The molecule has 2 aliphatic heterocycles. The van der Waals surface area contributed by atoms with Crippen molar-refractivity contribution in [1.29, 1.82) is 5.26 Å². The average Bonchev–Trinajstić information content (AvgIpc) is 2.69. The van der Waals surface area contributed by atoms with E-state index in [0.29, 0.717) is 24.1 Å². The number of aliphatic hydroxyl groups is 1. The number of nitriles is 1. The molecule has 0 aliphatic carbocycles. The minimum Gasteiger partial charge on any atom is -0.385 e. The summed E-state index contributed by atoms with van der Waals surface area (Å²) in [4.78, 5) is 4.03. The fourth-order valence-corrected chi connectivity index (χ4v) is 3.01. The fourth-order valence-electron chi connectivity index (χ4n) is 3.01. The lowest BCUT2D eigenvalue weighted by Crippen LogP contribution is -2.39. The zero-order chi connectivity index (χ0) is 11.9. The van der Waals surface area contributed by atoms with Crippen molar-refractivity contribution in [2.75, 3.05) is 0 Å². The fraction of sp³-hybridized carbons (Fsp3) is 0.538. The minimum absolute atomic E-state index is 0.130. The second kappa shape index (κ2) is 3.80. The van der Waals surface area contributed by atoms with Gasteiger partial charge in [0, 0.05) is 24.6 Å². The lowest BCUT2D eigenvalue weighted by molar-refractivity contribution is -0.115. The van der Waals surface area contributed by atoms with Gasteiger partial charge < -0.3 is 9.84 Å². The SMILES string of the molecule is N#Cc1ncccc1C1(O)CC2CCC(C1)O2. The van der Waals surface area contributed by atoms with Gasteiger partial charge in [-0.25, -0.2) is 4.98 Å². The first kappa shape index (κ1) is 10.7. The topological polar surface area (TPSA) is 66.1 Å². The molecule has 2 unspecified atom stereocenters. The molecule has 2 saturated heterocycles. The lowest BCUT2D eigenvalue weighted by Gasteiger charge is -2.36. The highest BCUT2D eigenvalue weighted by Gasteiger charge is 2.45. The predicted octanol–water partition coefficient (Wildman–Crippen LogP) is 1.48. The van der Waals surface area contributed by atoms with Gasteiger partial charge in [0.2, 0.25) is 0 Å². The van der Waals surface area contributed by atoms with Crippen LogP contribution in [0.15, 0.2) is 18.3 Å². The summed E-state index contributed by atoms with van der Waals surface area (Å²) in [5.41, 5.74) is 0.0441. The molecule has 2 fully saturated rings. The van der Waals surface area contributed by atoms with Gasteiger partial charge in [-0.3, -0.25) is 0 Å².